The lowest BCUT2D eigenvalue weighted by molar-refractivity contribution is -0.134. The van der Waals surface area contributed by atoms with Gasteiger partial charge < -0.3 is 9.84 Å². The number of methoxy groups -OCH3 is 1. The summed E-state index contributed by atoms with van der Waals surface area (Å²) < 4.78 is 7.56. The molecular weight excluding hydrogens is 228 g/mol. The van der Waals surface area contributed by atoms with Crippen molar-refractivity contribution in [3.63, 3.8) is 0 Å². The highest BCUT2D eigenvalue weighted by molar-refractivity contribution is 5.14. The molecule has 1 aliphatic carbocycles. The first-order valence-corrected chi connectivity index (χ1v) is 6.87. The molecule has 4 nitrogen and oxygen atoms in total. The molecule has 3 atom stereocenters. The molecule has 18 heavy (non-hydrogen) atoms. The topological polar surface area (TPSA) is 47.3 Å². The van der Waals surface area contributed by atoms with E-state index in [1.165, 1.54) is 6.42 Å². The highest BCUT2D eigenvalue weighted by atomic mass is 16.5. The molecule has 1 fully saturated rings. The van der Waals surface area contributed by atoms with Crippen molar-refractivity contribution in [3.8, 4) is 0 Å². The average molecular weight is 252 g/mol. The Hall–Kier alpha value is -0.870. The molecule has 1 N–H and O–H groups in total. The van der Waals surface area contributed by atoms with Crippen molar-refractivity contribution in [3.05, 3.63) is 18.0 Å². The van der Waals surface area contributed by atoms with Gasteiger partial charge in [0, 0.05) is 25.4 Å². The molecule has 102 valence electrons. The Morgan fingerprint density at radius 2 is 2.44 bits per heavy atom. The van der Waals surface area contributed by atoms with Crippen molar-refractivity contribution in [1.82, 2.24) is 9.78 Å². The molecule has 0 saturated heterocycles. The van der Waals surface area contributed by atoms with Gasteiger partial charge in [-0.15, -0.1) is 0 Å². The minimum atomic E-state index is -0.578. The summed E-state index contributed by atoms with van der Waals surface area (Å²) in [7, 11) is 1.71. The average Bonchev–Trinajstić information content (AvgIpc) is 2.86. The fourth-order valence-corrected chi connectivity index (χ4v) is 3.09. The van der Waals surface area contributed by atoms with E-state index < -0.39 is 11.7 Å². The van der Waals surface area contributed by atoms with Gasteiger partial charge in [-0.25, -0.2) is 0 Å². The van der Waals surface area contributed by atoms with Crippen LogP contribution in [0.15, 0.2) is 12.4 Å². The number of aryl methyl sites for hydroxylation is 1. The third-order valence-corrected chi connectivity index (χ3v) is 4.19. The summed E-state index contributed by atoms with van der Waals surface area (Å²) in [6, 6.07) is 0. The molecule has 3 unspecified atom stereocenters. The van der Waals surface area contributed by atoms with Crippen LogP contribution in [0, 0.1) is 5.92 Å². The van der Waals surface area contributed by atoms with E-state index in [-0.39, 0.29) is 0 Å². The maximum atomic E-state index is 10.6. The van der Waals surface area contributed by atoms with E-state index in [1.807, 2.05) is 17.8 Å². The Bertz CT molecular complexity index is 391. The smallest absolute Gasteiger partial charge is 0.111 e. The Morgan fingerprint density at radius 3 is 3.00 bits per heavy atom. The van der Waals surface area contributed by atoms with E-state index in [9.17, 15) is 5.11 Å². The van der Waals surface area contributed by atoms with Crippen molar-refractivity contribution in [1.29, 1.82) is 0 Å². The van der Waals surface area contributed by atoms with Gasteiger partial charge in [-0.1, -0.05) is 19.8 Å². The van der Waals surface area contributed by atoms with Crippen LogP contribution in [0.1, 0.15) is 51.2 Å². The van der Waals surface area contributed by atoms with Crippen LogP contribution in [0.3, 0.4) is 0 Å². The summed E-state index contributed by atoms with van der Waals surface area (Å²) in [5, 5.41) is 14.9. The molecule has 0 aliphatic heterocycles. The summed E-state index contributed by atoms with van der Waals surface area (Å²) in [6.07, 6.45) is 7.29. The molecule has 1 aromatic heterocycles. The van der Waals surface area contributed by atoms with Gasteiger partial charge in [-0.3, -0.25) is 4.68 Å². The van der Waals surface area contributed by atoms with Gasteiger partial charge in [-0.05, 0) is 25.7 Å². The zero-order chi connectivity index (χ0) is 13.2. The molecule has 1 aliphatic rings. The van der Waals surface area contributed by atoms with Crippen molar-refractivity contribution in [2.45, 2.75) is 57.8 Å². The fraction of sp³-hybridized carbons (Fsp3) is 0.786. The highest BCUT2D eigenvalue weighted by Gasteiger charge is 2.42. The predicted octanol–water partition coefficient (Wildman–Crippen LogP) is 2.53. The number of aliphatic hydroxyl groups excluding tert-OH is 1. The molecule has 1 heterocycles. The number of nitrogens with zero attached hydrogens (tertiary/aromatic N) is 2. The van der Waals surface area contributed by atoms with Crippen LogP contribution in [0.5, 0.6) is 0 Å². The molecule has 0 amide bonds. The summed E-state index contributed by atoms with van der Waals surface area (Å²) >= 11 is 0. The molecule has 1 saturated carbocycles. The van der Waals surface area contributed by atoms with Crippen LogP contribution in [0.25, 0.3) is 0 Å². The van der Waals surface area contributed by atoms with E-state index in [1.54, 1.807) is 13.3 Å². The number of aromatic nitrogens is 2. The van der Waals surface area contributed by atoms with Gasteiger partial charge in [0.2, 0.25) is 0 Å². The SMILES string of the molecule is CCn1cc(C(O)C2(OC)CCCC(C)C2)cn1. The number of hydrogen-bond donors (Lipinski definition) is 1. The van der Waals surface area contributed by atoms with Crippen LogP contribution < -0.4 is 0 Å². The van der Waals surface area contributed by atoms with E-state index in [2.05, 4.69) is 12.0 Å². The van der Waals surface area contributed by atoms with E-state index in [0.717, 1.165) is 31.4 Å². The first-order chi connectivity index (χ1) is 8.61. The third kappa shape index (κ3) is 2.45. The monoisotopic (exact) mass is 252 g/mol. The number of rotatable bonds is 4. The second-order valence-corrected chi connectivity index (χ2v) is 5.50. The highest BCUT2D eigenvalue weighted by Crippen LogP contribution is 2.43. The zero-order valence-corrected chi connectivity index (χ0v) is 11.6. The third-order valence-electron chi connectivity index (χ3n) is 4.19. The largest absolute Gasteiger partial charge is 0.385 e. The second-order valence-electron chi connectivity index (χ2n) is 5.50. The maximum absolute atomic E-state index is 10.6. The quantitative estimate of drug-likeness (QED) is 0.895. The summed E-state index contributed by atoms with van der Waals surface area (Å²) in [4.78, 5) is 0. The second kappa shape index (κ2) is 5.41. The Balaban J connectivity index is 2.20. The lowest BCUT2D eigenvalue weighted by atomic mass is 9.74. The van der Waals surface area contributed by atoms with Gasteiger partial charge in [0.15, 0.2) is 0 Å². The molecule has 2 rings (SSSR count). The fourth-order valence-electron chi connectivity index (χ4n) is 3.09. The summed E-state index contributed by atoms with van der Waals surface area (Å²) in [6.45, 7) is 5.09. The van der Waals surface area contributed by atoms with Crippen molar-refractivity contribution in [2.24, 2.45) is 5.92 Å². The van der Waals surface area contributed by atoms with Crippen LogP contribution in [0.4, 0.5) is 0 Å². The first kappa shape index (κ1) is 13.6. The Labute approximate surface area is 109 Å². The summed E-state index contributed by atoms with van der Waals surface area (Å²) in [5.74, 6) is 0.606. The Morgan fingerprint density at radius 1 is 1.67 bits per heavy atom. The minimum absolute atomic E-state index is 0.431. The molecule has 0 aromatic carbocycles. The molecule has 4 heteroatoms. The normalized spacial score (nSPS) is 30.3. The van der Waals surface area contributed by atoms with E-state index >= 15 is 0 Å². The predicted molar refractivity (Wildman–Crippen MR) is 70.2 cm³/mol. The summed E-state index contributed by atoms with van der Waals surface area (Å²) in [5.41, 5.74) is 0.437. The number of aliphatic hydroxyl groups is 1. The minimum Gasteiger partial charge on any atom is -0.385 e. The van der Waals surface area contributed by atoms with E-state index in [4.69, 9.17) is 4.74 Å². The maximum Gasteiger partial charge on any atom is 0.111 e. The van der Waals surface area contributed by atoms with Crippen molar-refractivity contribution >= 4 is 0 Å². The van der Waals surface area contributed by atoms with Crippen LogP contribution in [-0.4, -0.2) is 27.6 Å². The van der Waals surface area contributed by atoms with E-state index in [0.29, 0.717) is 5.92 Å². The van der Waals surface area contributed by atoms with Gasteiger partial charge in [0.1, 0.15) is 6.10 Å². The standard InChI is InChI=1S/C14H24N2O2/c1-4-16-10-12(9-15-16)13(17)14(18-3)7-5-6-11(2)8-14/h9-11,13,17H,4-8H2,1-3H3. The molecule has 0 radical (unpaired) electrons. The first-order valence-electron chi connectivity index (χ1n) is 6.87. The van der Waals surface area contributed by atoms with Gasteiger partial charge in [0.25, 0.3) is 0 Å². The van der Waals surface area contributed by atoms with Gasteiger partial charge >= 0.3 is 0 Å². The Kier molecular flexibility index (Phi) is 4.07. The van der Waals surface area contributed by atoms with Crippen LogP contribution in [-0.2, 0) is 11.3 Å². The lowest BCUT2D eigenvalue weighted by Gasteiger charge is -2.42. The number of hydrogen-bond acceptors (Lipinski definition) is 3. The molecule has 0 spiro atoms. The molecular formula is C14H24N2O2. The van der Waals surface area contributed by atoms with Crippen molar-refractivity contribution < 1.29 is 9.84 Å². The van der Waals surface area contributed by atoms with Crippen LogP contribution >= 0.6 is 0 Å². The van der Waals surface area contributed by atoms with Gasteiger partial charge in [-0.2, -0.15) is 5.10 Å². The van der Waals surface area contributed by atoms with Crippen molar-refractivity contribution in [2.75, 3.05) is 7.11 Å². The van der Waals surface area contributed by atoms with Crippen LogP contribution in [0.2, 0.25) is 0 Å². The zero-order valence-electron chi connectivity index (χ0n) is 11.6. The molecule has 1 aromatic rings. The van der Waals surface area contributed by atoms with Gasteiger partial charge in [0.05, 0.1) is 11.8 Å². The number of ether oxygens (including phenoxy) is 1. The lowest BCUT2D eigenvalue weighted by Crippen LogP contribution is -2.42. The molecule has 0 bridgehead atoms.